The third kappa shape index (κ3) is 6.01. The number of ether oxygens (including phenoxy) is 1. The van der Waals surface area contributed by atoms with E-state index in [0.717, 1.165) is 18.5 Å². The molecule has 2 aromatic carbocycles. The van der Waals surface area contributed by atoms with Crippen LogP contribution in [-0.2, 0) is 4.74 Å². The smallest absolute Gasteiger partial charge is 0.254 e. The Kier molecular flexibility index (Phi) is 8.04. The van der Waals surface area contributed by atoms with Crippen LogP contribution in [0.3, 0.4) is 0 Å². The summed E-state index contributed by atoms with van der Waals surface area (Å²) in [4.78, 5) is 21.8. The van der Waals surface area contributed by atoms with Crippen LogP contribution in [-0.4, -0.2) is 42.7 Å². The van der Waals surface area contributed by atoms with E-state index in [9.17, 15) is 9.18 Å². The molecule has 1 fully saturated rings. The third-order valence-electron chi connectivity index (χ3n) is 5.95. The highest BCUT2D eigenvalue weighted by atomic mass is 79.9. The van der Waals surface area contributed by atoms with E-state index in [4.69, 9.17) is 10.5 Å². The number of nitrogens with two attached hydrogens (primary N) is 1. The molecule has 184 valence electrons. The lowest BCUT2D eigenvalue weighted by molar-refractivity contribution is 0.0844. The number of halogens is 3. The predicted molar refractivity (Wildman–Crippen MR) is 133 cm³/mol. The summed E-state index contributed by atoms with van der Waals surface area (Å²) in [5.41, 5.74) is 8.04. The maximum atomic E-state index is 15.1. The van der Waals surface area contributed by atoms with Crippen LogP contribution in [0.1, 0.15) is 46.4 Å². The van der Waals surface area contributed by atoms with Crippen molar-refractivity contribution in [1.29, 1.82) is 0 Å². The Morgan fingerprint density at radius 3 is 2.69 bits per heavy atom. The zero-order chi connectivity index (χ0) is 24.9. The molecule has 4 rings (SSSR count). The predicted octanol–water partition coefficient (Wildman–Crippen LogP) is 4.35. The number of benzene rings is 2. The van der Waals surface area contributed by atoms with Crippen molar-refractivity contribution in [2.24, 2.45) is 0 Å². The average Bonchev–Trinajstić information content (AvgIpc) is 2.84. The van der Waals surface area contributed by atoms with E-state index < -0.39 is 23.6 Å². The molecule has 1 amide bonds. The van der Waals surface area contributed by atoms with Crippen LogP contribution in [0.5, 0.6) is 0 Å². The van der Waals surface area contributed by atoms with Gasteiger partial charge in [0.25, 0.3) is 5.91 Å². The van der Waals surface area contributed by atoms with Gasteiger partial charge in [0.05, 0.1) is 23.5 Å². The molecule has 0 aliphatic carbocycles. The Labute approximate surface area is 210 Å². The van der Waals surface area contributed by atoms with E-state index in [2.05, 4.69) is 36.5 Å². The zero-order valence-corrected chi connectivity index (χ0v) is 20.7. The second-order valence-corrected chi connectivity index (χ2v) is 9.31. The third-order valence-corrected chi connectivity index (χ3v) is 6.40. The maximum Gasteiger partial charge on any atom is 0.254 e. The van der Waals surface area contributed by atoms with Crippen molar-refractivity contribution in [3.8, 4) is 11.3 Å². The van der Waals surface area contributed by atoms with Gasteiger partial charge in [0, 0.05) is 35.7 Å². The normalized spacial score (nSPS) is 15.1. The van der Waals surface area contributed by atoms with Gasteiger partial charge in [-0.15, -0.1) is 0 Å². The highest BCUT2D eigenvalue weighted by Gasteiger charge is 2.22. The molecule has 4 N–H and O–H groups in total. The maximum absolute atomic E-state index is 15.1. The number of likely N-dealkylation sites (N-methyl/N-ethyl adjacent to an activating group) is 1. The van der Waals surface area contributed by atoms with Gasteiger partial charge >= 0.3 is 0 Å². The van der Waals surface area contributed by atoms with E-state index in [0.29, 0.717) is 41.1 Å². The molecule has 0 saturated carbocycles. The number of rotatable bonds is 7. The summed E-state index contributed by atoms with van der Waals surface area (Å²) in [5.74, 6) is -1.39. The number of carbonyl (C=O) groups is 1. The number of nitrogen functional groups attached to an aromatic ring is 1. The van der Waals surface area contributed by atoms with Gasteiger partial charge in [-0.1, -0.05) is 22.0 Å². The van der Waals surface area contributed by atoms with Crippen molar-refractivity contribution in [2.45, 2.75) is 24.8 Å². The lowest BCUT2D eigenvalue weighted by atomic mass is 9.96. The molecule has 35 heavy (non-hydrogen) atoms. The molecule has 0 radical (unpaired) electrons. The molecule has 7 nitrogen and oxygen atoms in total. The number of hydrogen-bond donors (Lipinski definition) is 3. The summed E-state index contributed by atoms with van der Waals surface area (Å²) < 4.78 is 34.9. The minimum atomic E-state index is -0.721. The van der Waals surface area contributed by atoms with Crippen LogP contribution >= 0.6 is 15.9 Å². The van der Waals surface area contributed by atoms with Gasteiger partial charge in [-0.25, -0.2) is 18.7 Å². The minimum Gasteiger partial charge on any atom is -0.382 e. The first kappa shape index (κ1) is 25.2. The monoisotopic (exact) mass is 545 g/mol. The van der Waals surface area contributed by atoms with Gasteiger partial charge in [0.2, 0.25) is 0 Å². The number of amides is 1. The van der Waals surface area contributed by atoms with Crippen LogP contribution in [0.15, 0.2) is 47.1 Å². The fourth-order valence-electron chi connectivity index (χ4n) is 4.13. The minimum absolute atomic E-state index is 0.141. The molecule has 0 bridgehead atoms. The standard InChI is InChI=1S/C25H26BrF2N5O2/c1-30-12-21(16-8-17(26)11-18(27)9-16)33-25(34)19-3-2-15(10-20(19)28)23-24(29)31-13-22(32-23)14-4-6-35-7-5-14/h2-3,8-11,13-14,21,30H,4-7,12H2,1H3,(H2,29,31)(H,33,34). The van der Waals surface area contributed by atoms with E-state index in [1.165, 1.54) is 24.3 Å². The van der Waals surface area contributed by atoms with Gasteiger partial charge in [-0.2, -0.15) is 0 Å². The number of nitrogens with one attached hydrogen (secondary N) is 2. The first-order valence-corrected chi connectivity index (χ1v) is 12.1. The Morgan fingerprint density at radius 2 is 2.00 bits per heavy atom. The Bertz CT molecular complexity index is 1200. The van der Waals surface area contributed by atoms with Gasteiger partial charge in [-0.05, 0) is 55.8 Å². The molecule has 1 aliphatic heterocycles. The lowest BCUT2D eigenvalue weighted by Crippen LogP contribution is -2.35. The topological polar surface area (TPSA) is 102 Å². The Hall–Kier alpha value is -2.95. The highest BCUT2D eigenvalue weighted by Crippen LogP contribution is 2.30. The van der Waals surface area contributed by atoms with Crippen LogP contribution in [0.2, 0.25) is 0 Å². The number of hydrogen-bond acceptors (Lipinski definition) is 6. The molecule has 3 aromatic rings. The Balaban J connectivity index is 1.57. The molecule has 1 unspecified atom stereocenters. The van der Waals surface area contributed by atoms with Crippen LogP contribution in [0.4, 0.5) is 14.6 Å². The summed E-state index contributed by atoms with van der Waals surface area (Å²) in [7, 11) is 1.71. The van der Waals surface area contributed by atoms with Crippen LogP contribution in [0, 0.1) is 11.6 Å². The van der Waals surface area contributed by atoms with E-state index in [1.54, 1.807) is 25.4 Å². The molecule has 2 heterocycles. The largest absolute Gasteiger partial charge is 0.382 e. The van der Waals surface area contributed by atoms with Crippen molar-refractivity contribution in [3.05, 3.63) is 75.5 Å². The Morgan fingerprint density at radius 1 is 1.23 bits per heavy atom. The number of aromatic nitrogens is 2. The van der Waals surface area contributed by atoms with Gasteiger partial charge in [-0.3, -0.25) is 4.79 Å². The molecule has 10 heteroatoms. The van der Waals surface area contributed by atoms with Gasteiger partial charge < -0.3 is 21.1 Å². The second kappa shape index (κ2) is 11.2. The molecule has 1 atom stereocenters. The van der Waals surface area contributed by atoms with E-state index >= 15 is 4.39 Å². The van der Waals surface area contributed by atoms with Crippen LogP contribution in [0.25, 0.3) is 11.3 Å². The fraction of sp³-hybridized carbons (Fsp3) is 0.320. The molecule has 1 saturated heterocycles. The molecular formula is C25H26BrF2N5O2. The van der Waals surface area contributed by atoms with Gasteiger partial charge in [0.1, 0.15) is 23.1 Å². The van der Waals surface area contributed by atoms with Crippen molar-refractivity contribution in [1.82, 2.24) is 20.6 Å². The molecule has 1 aromatic heterocycles. The molecule has 0 spiro atoms. The molecule has 1 aliphatic rings. The summed E-state index contributed by atoms with van der Waals surface area (Å²) >= 11 is 3.26. The van der Waals surface area contributed by atoms with Crippen molar-refractivity contribution in [2.75, 3.05) is 32.5 Å². The second-order valence-electron chi connectivity index (χ2n) is 8.40. The zero-order valence-electron chi connectivity index (χ0n) is 19.2. The number of carbonyl (C=O) groups excluding carboxylic acids is 1. The van der Waals surface area contributed by atoms with Crippen LogP contribution < -0.4 is 16.4 Å². The van der Waals surface area contributed by atoms with E-state index in [1.807, 2.05) is 0 Å². The lowest BCUT2D eigenvalue weighted by Gasteiger charge is -2.22. The fourth-order valence-corrected chi connectivity index (χ4v) is 4.61. The quantitative estimate of drug-likeness (QED) is 0.408. The summed E-state index contributed by atoms with van der Waals surface area (Å²) in [6, 6.07) is 8.01. The van der Waals surface area contributed by atoms with Crippen molar-refractivity contribution >= 4 is 27.7 Å². The van der Waals surface area contributed by atoms with Crippen molar-refractivity contribution < 1.29 is 18.3 Å². The number of anilines is 1. The first-order chi connectivity index (χ1) is 16.9. The van der Waals surface area contributed by atoms with Crippen molar-refractivity contribution in [3.63, 3.8) is 0 Å². The highest BCUT2D eigenvalue weighted by molar-refractivity contribution is 9.10. The SMILES string of the molecule is CNCC(NC(=O)c1ccc(-c2nc(C3CCOCC3)cnc2N)cc1F)c1cc(F)cc(Br)c1. The summed E-state index contributed by atoms with van der Waals surface area (Å²) in [5, 5.41) is 5.74. The summed E-state index contributed by atoms with van der Waals surface area (Å²) in [6.45, 7) is 1.64. The number of nitrogens with zero attached hydrogens (tertiary/aromatic N) is 2. The van der Waals surface area contributed by atoms with E-state index in [-0.39, 0.29) is 17.3 Å². The first-order valence-electron chi connectivity index (χ1n) is 11.3. The van der Waals surface area contributed by atoms with Gasteiger partial charge in [0.15, 0.2) is 0 Å². The average molecular weight is 546 g/mol. The summed E-state index contributed by atoms with van der Waals surface area (Å²) in [6.07, 6.45) is 3.32. The molecular weight excluding hydrogens is 520 g/mol.